The van der Waals surface area contributed by atoms with Crippen molar-refractivity contribution in [2.45, 2.75) is 38.2 Å². The Kier molecular flexibility index (Phi) is 2.90. The normalized spacial score (nSPS) is 22.0. The minimum absolute atomic E-state index is 0.322. The Balaban J connectivity index is 2.62. The SMILES string of the molecule is CCOC1(C(=O)Cl)CCCC1. The highest BCUT2D eigenvalue weighted by molar-refractivity contribution is 6.65. The molecular weight excluding hydrogens is 164 g/mol. The second kappa shape index (κ2) is 3.55. The average molecular weight is 177 g/mol. The molecule has 0 N–H and O–H groups in total. The molecule has 0 saturated heterocycles. The van der Waals surface area contributed by atoms with E-state index in [2.05, 4.69) is 0 Å². The molecule has 1 aliphatic rings. The second-order valence-corrected chi connectivity index (χ2v) is 3.25. The van der Waals surface area contributed by atoms with Gasteiger partial charge in [0.25, 0.3) is 5.24 Å². The molecule has 0 bridgehead atoms. The Labute approximate surface area is 71.9 Å². The van der Waals surface area contributed by atoms with E-state index < -0.39 is 5.60 Å². The molecule has 11 heavy (non-hydrogen) atoms. The lowest BCUT2D eigenvalue weighted by Gasteiger charge is -2.23. The van der Waals surface area contributed by atoms with Gasteiger partial charge in [-0.05, 0) is 44.2 Å². The fraction of sp³-hybridized carbons (Fsp3) is 0.875. The maximum atomic E-state index is 11.0. The van der Waals surface area contributed by atoms with Crippen molar-refractivity contribution < 1.29 is 9.53 Å². The first kappa shape index (κ1) is 9.01. The molecule has 1 fully saturated rings. The Morgan fingerprint density at radius 1 is 1.55 bits per heavy atom. The van der Waals surface area contributed by atoms with E-state index in [1.165, 1.54) is 0 Å². The Morgan fingerprint density at radius 3 is 2.45 bits per heavy atom. The third kappa shape index (κ3) is 1.74. The molecule has 64 valence electrons. The van der Waals surface area contributed by atoms with Crippen LogP contribution in [0.2, 0.25) is 0 Å². The first-order valence-corrected chi connectivity index (χ1v) is 4.43. The van der Waals surface area contributed by atoms with Gasteiger partial charge in [-0.25, -0.2) is 0 Å². The summed E-state index contributed by atoms with van der Waals surface area (Å²) >= 11 is 5.46. The van der Waals surface area contributed by atoms with Crippen molar-refractivity contribution in [3.05, 3.63) is 0 Å². The van der Waals surface area contributed by atoms with E-state index in [0.717, 1.165) is 25.7 Å². The van der Waals surface area contributed by atoms with Gasteiger partial charge >= 0.3 is 0 Å². The molecule has 0 amide bonds. The van der Waals surface area contributed by atoms with E-state index in [4.69, 9.17) is 16.3 Å². The zero-order chi connectivity index (χ0) is 8.32. The molecule has 1 rings (SSSR count). The van der Waals surface area contributed by atoms with E-state index in [0.29, 0.717) is 6.61 Å². The van der Waals surface area contributed by atoms with Crippen LogP contribution in [-0.2, 0) is 9.53 Å². The summed E-state index contributed by atoms with van der Waals surface area (Å²) in [5, 5.41) is -0.322. The number of ether oxygens (including phenoxy) is 1. The lowest BCUT2D eigenvalue weighted by Crippen LogP contribution is -2.35. The fourth-order valence-corrected chi connectivity index (χ4v) is 1.86. The smallest absolute Gasteiger partial charge is 0.253 e. The zero-order valence-corrected chi connectivity index (χ0v) is 7.49. The van der Waals surface area contributed by atoms with Crippen LogP contribution in [-0.4, -0.2) is 17.5 Å². The summed E-state index contributed by atoms with van der Waals surface area (Å²) in [4.78, 5) is 11.0. The number of carbonyl (C=O) groups excluding carboxylic acids is 1. The lowest BCUT2D eigenvalue weighted by atomic mass is 10.0. The lowest BCUT2D eigenvalue weighted by molar-refractivity contribution is -0.134. The zero-order valence-electron chi connectivity index (χ0n) is 6.73. The quantitative estimate of drug-likeness (QED) is 0.616. The number of halogens is 1. The molecule has 0 aromatic heterocycles. The van der Waals surface area contributed by atoms with E-state index in [9.17, 15) is 4.79 Å². The maximum Gasteiger partial charge on any atom is 0.253 e. The van der Waals surface area contributed by atoms with Crippen LogP contribution in [0.3, 0.4) is 0 Å². The van der Waals surface area contributed by atoms with Crippen LogP contribution in [0, 0.1) is 0 Å². The molecule has 0 aliphatic heterocycles. The van der Waals surface area contributed by atoms with Crippen LogP contribution in [0.25, 0.3) is 0 Å². The molecule has 0 heterocycles. The van der Waals surface area contributed by atoms with Crippen LogP contribution in [0.4, 0.5) is 0 Å². The molecule has 3 heteroatoms. The van der Waals surface area contributed by atoms with E-state index in [1.807, 2.05) is 6.92 Å². The molecule has 0 aromatic carbocycles. The summed E-state index contributed by atoms with van der Waals surface area (Å²) in [6, 6.07) is 0. The van der Waals surface area contributed by atoms with Gasteiger partial charge < -0.3 is 4.74 Å². The summed E-state index contributed by atoms with van der Waals surface area (Å²) in [5.74, 6) is 0. The van der Waals surface area contributed by atoms with Gasteiger partial charge in [0.1, 0.15) is 5.60 Å². The monoisotopic (exact) mass is 176 g/mol. The fourth-order valence-electron chi connectivity index (χ4n) is 1.62. The van der Waals surface area contributed by atoms with E-state index in [1.54, 1.807) is 0 Å². The summed E-state index contributed by atoms with van der Waals surface area (Å²) < 4.78 is 5.37. The Bertz CT molecular complexity index is 150. The van der Waals surface area contributed by atoms with Gasteiger partial charge in [-0.2, -0.15) is 0 Å². The largest absolute Gasteiger partial charge is 0.366 e. The molecular formula is C8H13ClO2. The van der Waals surface area contributed by atoms with Crippen molar-refractivity contribution in [1.82, 2.24) is 0 Å². The molecule has 0 atom stereocenters. The third-order valence-electron chi connectivity index (χ3n) is 2.19. The predicted molar refractivity (Wildman–Crippen MR) is 43.7 cm³/mol. The summed E-state index contributed by atoms with van der Waals surface area (Å²) in [7, 11) is 0. The Morgan fingerprint density at radius 2 is 2.09 bits per heavy atom. The van der Waals surface area contributed by atoms with Crippen LogP contribution in [0.5, 0.6) is 0 Å². The minimum Gasteiger partial charge on any atom is -0.366 e. The van der Waals surface area contributed by atoms with Gasteiger partial charge in [0, 0.05) is 6.61 Å². The third-order valence-corrected chi connectivity index (χ3v) is 2.53. The standard InChI is InChI=1S/C8H13ClO2/c1-2-11-8(7(9)10)5-3-4-6-8/h2-6H2,1H3. The van der Waals surface area contributed by atoms with Crippen molar-refractivity contribution in [2.24, 2.45) is 0 Å². The predicted octanol–water partition coefficient (Wildman–Crippen LogP) is 2.10. The topological polar surface area (TPSA) is 26.3 Å². The number of hydrogen-bond acceptors (Lipinski definition) is 2. The number of carbonyl (C=O) groups is 1. The first-order chi connectivity index (χ1) is 5.21. The summed E-state index contributed by atoms with van der Waals surface area (Å²) in [6.45, 7) is 2.46. The second-order valence-electron chi connectivity index (χ2n) is 2.91. The van der Waals surface area contributed by atoms with Crippen molar-refractivity contribution in [3.63, 3.8) is 0 Å². The molecule has 0 spiro atoms. The highest BCUT2D eigenvalue weighted by Gasteiger charge is 2.40. The van der Waals surface area contributed by atoms with Crippen molar-refractivity contribution >= 4 is 16.8 Å². The molecule has 2 nitrogen and oxygen atoms in total. The summed E-state index contributed by atoms with van der Waals surface area (Å²) in [6.07, 6.45) is 3.70. The highest BCUT2D eigenvalue weighted by Crippen LogP contribution is 2.34. The van der Waals surface area contributed by atoms with Crippen LogP contribution in [0.1, 0.15) is 32.6 Å². The molecule has 0 unspecified atom stereocenters. The van der Waals surface area contributed by atoms with Gasteiger partial charge in [0.05, 0.1) is 0 Å². The van der Waals surface area contributed by atoms with Gasteiger partial charge in [-0.3, -0.25) is 4.79 Å². The molecule has 1 aliphatic carbocycles. The van der Waals surface area contributed by atoms with Crippen molar-refractivity contribution in [2.75, 3.05) is 6.61 Å². The number of rotatable bonds is 3. The summed E-state index contributed by atoms with van der Waals surface area (Å²) in [5.41, 5.74) is -0.629. The first-order valence-electron chi connectivity index (χ1n) is 4.05. The molecule has 0 aromatic rings. The van der Waals surface area contributed by atoms with E-state index in [-0.39, 0.29) is 5.24 Å². The van der Waals surface area contributed by atoms with Gasteiger partial charge in [0.15, 0.2) is 0 Å². The highest BCUT2D eigenvalue weighted by atomic mass is 35.5. The average Bonchev–Trinajstić information content (AvgIpc) is 2.38. The Hall–Kier alpha value is -0.0800. The van der Waals surface area contributed by atoms with Gasteiger partial charge in [0.2, 0.25) is 0 Å². The van der Waals surface area contributed by atoms with Gasteiger partial charge in [-0.15, -0.1) is 0 Å². The molecule has 0 radical (unpaired) electrons. The van der Waals surface area contributed by atoms with Crippen LogP contribution < -0.4 is 0 Å². The number of hydrogen-bond donors (Lipinski definition) is 0. The van der Waals surface area contributed by atoms with Crippen LogP contribution in [0.15, 0.2) is 0 Å². The van der Waals surface area contributed by atoms with Crippen molar-refractivity contribution in [1.29, 1.82) is 0 Å². The van der Waals surface area contributed by atoms with E-state index >= 15 is 0 Å². The maximum absolute atomic E-state index is 11.0. The van der Waals surface area contributed by atoms with Crippen LogP contribution >= 0.6 is 11.6 Å². The van der Waals surface area contributed by atoms with Crippen molar-refractivity contribution in [3.8, 4) is 0 Å². The minimum atomic E-state index is -0.629. The van der Waals surface area contributed by atoms with Gasteiger partial charge in [-0.1, -0.05) is 0 Å². The molecule has 1 saturated carbocycles.